The van der Waals surface area contributed by atoms with Crippen LogP contribution >= 0.6 is 11.6 Å². The average molecular weight is 484 g/mol. The van der Waals surface area contributed by atoms with Gasteiger partial charge in [-0.25, -0.2) is 0 Å². The van der Waals surface area contributed by atoms with E-state index in [0.717, 1.165) is 24.6 Å². The standard InChI is InChI=1S/C25H30ClN5O3/c1-25(2)9-8-16(22(32)31-25)11-17(13-27)28-23(33)19(10-14-6-7-14)30-24(34)20-12-15-4-3-5-18(26)21(15)29-20/h3-5,12,14,16-17,19,29H,6-11H2,1-2H3,(H,28,33)(H,30,34)(H,31,32)/t16-,17-,19-/m0/s1. The molecule has 9 heteroatoms. The van der Waals surface area contributed by atoms with Crippen LogP contribution in [0.15, 0.2) is 24.3 Å². The normalized spacial score (nSPS) is 21.2. The van der Waals surface area contributed by atoms with E-state index in [0.29, 0.717) is 35.0 Å². The van der Waals surface area contributed by atoms with Gasteiger partial charge in [0.25, 0.3) is 5.91 Å². The zero-order valence-corrected chi connectivity index (χ0v) is 20.2. The Morgan fingerprint density at radius 3 is 2.65 bits per heavy atom. The van der Waals surface area contributed by atoms with E-state index in [2.05, 4.69) is 27.0 Å². The first-order chi connectivity index (χ1) is 16.1. The van der Waals surface area contributed by atoms with Gasteiger partial charge < -0.3 is 20.9 Å². The van der Waals surface area contributed by atoms with Crippen molar-refractivity contribution in [1.82, 2.24) is 20.9 Å². The maximum absolute atomic E-state index is 13.1. The Morgan fingerprint density at radius 2 is 2.00 bits per heavy atom. The Hall–Kier alpha value is -3.05. The molecule has 1 aromatic carbocycles. The summed E-state index contributed by atoms with van der Waals surface area (Å²) in [5.74, 6) is -0.857. The quantitative estimate of drug-likeness (QED) is 0.458. The van der Waals surface area contributed by atoms with Crippen molar-refractivity contribution >= 4 is 40.2 Å². The molecule has 3 amide bonds. The third-order valence-electron chi connectivity index (χ3n) is 6.68. The number of aromatic amines is 1. The number of fused-ring (bicyclic) bond motifs is 1. The zero-order chi connectivity index (χ0) is 24.5. The van der Waals surface area contributed by atoms with Crippen LogP contribution in [0.1, 0.15) is 62.9 Å². The third-order valence-corrected chi connectivity index (χ3v) is 7.00. The number of benzene rings is 1. The van der Waals surface area contributed by atoms with E-state index in [-0.39, 0.29) is 23.8 Å². The molecule has 2 aliphatic rings. The van der Waals surface area contributed by atoms with E-state index in [1.165, 1.54) is 0 Å². The number of amides is 3. The molecule has 34 heavy (non-hydrogen) atoms. The summed E-state index contributed by atoms with van der Waals surface area (Å²) in [7, 11) is 0. The highest BCUT2D eigenvalue weighted by Crippen LogP contribution is 2.34. The smallest absolute Gasteiger partial charge is 0.268 e. The minimum absolute atomic E-state index is 0.0916. The van der Waals surface area contributed by atoms with E-state index in [1.54, 1.807) is 18.2 Å². The molecule has 8 nitrogen and oxygen atoms in total. The van der Waals surface area contributed by atoms with E-state index in [1.807, 2.05) is 19.9 Å². The second kappa shape index (κ2) is 9.67. The Bertz CT molecular complexity index is 1150. The number of piperidine rings is 1. The van der Waals surface area contributed by atoms with Crippen molar-refractivity contribution < 1.29 is 14.4 Å². The van der Waals surface area contributed by atoms with Crippen molar-refractivity contribution in [3.05, 3.63) is 35.0 Å². The van der Waals surface area contributed by atoms with Gasteiger partial charge in [0.05, 0.1) is 16.6 Å². The number of nitrogens with zero attached hydrogens (tertiary/aromatic N) is 1. The average Bonchev–Trinajstić information content (AvgIpc) is 3.48. The molecule has 0 spiro atoms. The molecule has 2 aromatic rings. The van der Waals surface area contributed by atoms with Crippen molar-refractivity contribution in [2.75, 3.05) is 0 Å². The van der Waals surface area contributed by atoms with Gasteiger partial charge in [0.1, 0.15) is 17.8 Å². The van der Waals surface area contributed by atoms with Crippen molar-refractivity contribution in [1.29, 1.82) is 5.26 Å². The Morgan fingerprint density at radius 1 is 1.24 bits per heavy atom. The highest BCUT2D eigenvalue weighted by molar-refractivity contribution is 6.35. The molecular formula is C25H30ClN5O3. The molecule has 4 N–H and O–H groups in total. The Kier molecular flexibility index (Phi) is 6.85. The summed E-state index contributed by atoms with van der Waals surface area (Å²) < 4.78 is 0. The van der Waals surface area contributed by atoms with Crippen molar-refractivity contribution in [2.24, 2.45) is 11.8 Å². The summed E-state index contributed by atoms with van der Waals surface area (Å²) in [6.45, 7) is 3.94. The van der Waals surface area contributed by atoms with Crippen molar-refractivity contribution in [2.45, 2.75) is 70.0 Å². The van der Waals surface area contributed by atoms with Crippen LogP contribution in [0.2, 0.25) is 5.02 Å². The molecule has 0 unspecified atom stereocenters. The van der Waals surface area contributed by atoms with E-state index in [9.17, 15) is 19.6 Å². The van der Waals surface area contributed by atoms with Crippen molar-refractivity contribution in [3.8, 4) is 6.07 Å². The largest absolute Gasteiger partial charge is 0.351 e. The monoisotopic (exact) mass is 483 g/mol. The molecule has 1 aliphatic carbocycles. The molecule has 1 saturated heterocycles. The number of aromatic nitrogens is 1. The highest BCUT2D eigenvalue weighted by Gasteiger charge is 2.36. The van der Waals surface area contributed by atoms with Crippen LogP contribution in [-0.2, 0) is 9.59 Å². The van der Waals surface area contributed by atoms with Crippen LogP contribution in [0.25, 0.3) is 10.9 Å². The number of rotatable bonds is 8. The second-order valence-corrected chi connectivity index (χ2v) is 10.5. The van der Waals surface area contributed by atoms with Gasteiger partial charge in [-0.15, -0.1) is 0 Å². The molecule has 1 saturated carbocycles. The predicted molar refractivity (Wildman–Crippen MR) is 129 cm³/mol. The predicted octanol–water partition coefficient (Wildman–Crippen LogP) is 3.42. The van der Waals surface area contributed by atoms with Gasteiger partial charge >= 0.3 is 0 Å². The number of halogens is 1. The van der Waals surface area contributed by atoms with E-state index in [4.69, 9.17) is 11.6 Å². The van der Waals surface area contributed by atoms with Gasteiger partial charge in [0.2, 0.25) is 11.8 Å². The van der Waals surface area contributed by atoms with Gasteiger partial charge in [-0.2, -0.15) is 5.26 Å². The lowest BCUT2D eigenvalue weighted by Gasteiger charge is -2.35. The number of nitrogens with one attached hydrogen (secondary N) is 4. The Balaban J connectivity index is 1.41. The van der Waals surface area contributed by atoms with Gasteiger partial charge in [-0.05, 0) is 57.6 Å². The summed E-state index contributed by atoms with van der Waals surface area (Å²) in [5, 5.41) is 19.5. The van der Waals surface area contributed by atoms with E-state index >= 15 is 0 Å². The van der Waals surface area contributed by atoms with Crippen LogP contribution < -0.4 is 16.0 Å². The molecule has 180 valence electrons. The molecule has 1 aliphatic heterocycles. The van der Waals surface area contributed by atoms with Crippen LogP contribution in [-0.4, -0.2) is 40.3 Å². The number of carbonyl (C=O) groups is 3. The lowest BCUT2D eigenvalue weighted by molar-refractivity contribution is -0.130. The highest BCUT2D eigenvalue weighted by atomic mass is 35.5. The second-order valence-electron chi connectivity index (χ2n) is 10.1. The van der Waals surface area contributed by atoms with Crippen LogP contribution in [0.5, 0.6) is 0 Å². The van der Waals surface area contributed by atoms with E-state index < -0.39 is 23.9 Å². The number of H-pyrrole nitrogens is 1. The maximum atomic E-state index is 13.1. The molecule has 1 aromatic heterocycles. The summed E-state index contributed by atoms with van der Waals surface area (Å²) in [4.78, 5) is 41.5. The van der Waals surface area contributed by atoms with Gasteiger partial charge in [0.15, 0.2) is 0 Å². The molecule has 2 fully saturated rings. The molecule has 3 atom stereocenters. The minimum atomic E-state index is -0.810. The summed E-state index contributed by atoms with van der Waals surface area (Å²) in [6.07, 6.45) is 4.26. The number of hydrogen-bond donors (Lipinski definition) is 4. The summed E-state index contributed by atoms with van der Waals surface area (Å²) in [5.41, 5.74) is 0.719. The lowest BCUT2D eigenvalue weighted by atomic mass is 9.83. The number of hydrogen-bond acceptors (Lipinski definition) is 4. The fourth-order valence-corrected chi connectivity index (χ4v) is 4.71. The van der Waals surface area contributed by atoms with Crippen LogP contribution in [0.3, 0.4) is 0 Å². The molecule has 4 rings (SSSR count). The Labute approximate surface area is 203 Å². The fourth-order valence-electron chi connectivity index (χ4n) is 4.49. The number of carbonyl (C=O) groups excluding carboxylic acids is 3. The third kappa shape index (κ3) is 5.71. The minimum Gasteiger partial charge on any atom is -0.351 e. The van der Waals surface area contributed by atoms with Gasteiger partial charge in [0, 0.05) is 16.8 Å². The first kappa shape index (κ1) is 24.1. The number of nitriles is 1. The lowest BCUT2D eigenvalue weighted by Crippen LogP contribution is -2.53. The molecular weight excluding hydrogens is 454 g/mol. The first-order valence-electron chi connectivity index (χ1n) is 11.8. The zero-order valence-electron chi connectivity index (χ0n) is 19.4. The molecule has 2 heterocycles. The molecule has 0 radical (unpaired) electrons. The fraction of sp³-hybridized carbons (Fsp3) is 0.520. The van der Waals surface area contributed by atoms with Crippen molar-refractivity contribution in [3.63, 3.8) is 0 Å². The van der Waals surface area contributed by atoms with Gasteiger partial charge in [-0.3, -0.25) is 14.4 Å². The molecule has 0 bridgehead atoms. The SMILES string of the molecule is CC1(C)CC[C@@H](C[C@@H](C#N)NC(=O)[C@H](CC2CC2)NC(=O)c2cc3cccc(Cl)c3[nH]2)C(=O)N1. The van der Waals surface area contributed by atoms with Crippen LogP contribution in [0, 0.1) is 23.2 Å². The van der Waals surface area contributed by atoms with Crippen LogP contribution in [0.4, 0.5) is 0 Å². The topological polar surface area (TPSA) is 127 Å². The maximum Gasteiger partial charge on any atom is 0.268 e. The first-order valence-corrected chi connectivity index (χ1v) is 12.1. The summed E-state index contributed by atoms with van der Waals surface area (Å²) >= 11 is 6.20. The summed E-state index contributed by atoms with van der Waals surface area (Å²) in [6, 6.07) is 7.62. The number of para-hydroxylation sites is 1. The van der Waals surface area contributed by atoms with Gasteiger partial charge in [-0.1, -0.05) is 36.6 Å².